The van der Waals surface area contributed by atoms with Crippen LogP contribution in [0.25, 0.3) is 6.08 Å². The van der Waals surface area contributed by atoms with Gasteiger partial charge in [-0.3, -0.25) is 9.97 Å². The van der Waals surface area contributed by atoms with Crippen molar-refractivity contribution in [2.24, 2.45) is 0 Å². The monoisotopic (exact) mass is 211 g/mol. The maximum atomic E-state index is 4.19. The van der Waals surface area contributed by atoms with Crippen LogP contribution in [0.1, 0.15) is 25.0 Å². The fourth-order valence-corrected chi connectivity index (χ4v) is 1.46. The molecule has 0 amide bonds. The Labute approximate surface area is 90.1 Å². The second kappa shape index (κ2) is 5.60. The van der Waals surface area contributed by atoms with E-state index in [2.05, 4.69) is 21.4 Å². The normalized spacial score (nSPS) is 18.4. The standard InChI is InChI=1S/C10H13N3.ClH/c1-2-4-12-9(3-1)7-10-8-11-5-6-13-10;/h5-8,12H,1-4H2;1H. The van der Waals surface area contributed by atoms with E-state index in [0.717, 1.165) is 18.7 Å². The van der Waals surface area contributed by atoms with Crippen molar-refractivity contribution in [3.8, 4) is 0 Å². The lowest BCUT2D eigenvalue weighted by atomic mass is 10.1. The van der Waals surface area contributed by atoms with Gasteiger partial charge < -0.3 is 5.32 Å². The Morgan fingerprint density at radius 2 is 2.21 bits per heavy atom. The SMILES string of the molecule is C(=C1CCCCN1)c1cnccn1.Cl. The van der Waals surface area contributed by atoms with Crippen molar-refractivity contribution in [1.29, 1.82) is 0 Å². The van der Waals surface area contributed by atoms with E-state index in [9.17, 15) is 0 Å². The van der Waals surface area contributed by atoms with E-state index in [1.54, 1.807) is 18.6 Å². The van der Waals surface area contributed by atoms with Crippen molar-refractivity contribution in [2.45, 2.75) is 19.3 Å². The minimum Gasteiger partial charge on any atom is -0.388 e. The van der Waals surface area contributed by atoms with Gasteiger partial charge in [0.1, 0.15) is 0 Å². The molecule has 0 radical (unpaired) electrons. The molecule has 1 aliphatic heterocycles. The summed E-state index contributed by atoms with van der Waals surface area (Å²) in [5.74, 6) is 0. The molecule has 14 heavy (non-hydrogen) atoms. The van der Waals surface area contributed by atoms with E-state index >= 15 is 0 Å². The van der Waals surface area contributed by atoms with Crippen LogP contribution in [0.2, 0.25) is 0 Å². The Morgan fingerprint density at radius 3 is 2.86 bits per heavy atom. The van der Waals surface area contributed by atoms with Crippen molar-refractivity contribution in [2.75, 3.05) is 6.54 Å². The number of hydrogen-bond acceptors (Lipinski definition) is 3. The van der Waals surface area contributed by atoms with Crippen LogP contribution in [0.5, 0.6) is 0 Å². The van der Waals surface area contributed by atoms with Crippen molar-refractivity contribution < 1.29 is 0 Å². The largest absolute Gasteiger partial charge is 0.388 e. The van der Waals surface area contributed by atoms with E-state index in [4.69, 9.17) is 0 Å². The molecular formula is C10H14ClN3. The van der Waals surface area contributed by atoms with E-state index in [-0.39, 0.29) is 12.4 Å². The summed E-state index contributed by atoms with van der Waals surface area (Å²) < 4.78 is 0. The van der Waals surface area contributed by atoms with Gasteiger partial charge in [-0.1, -0.05) is 0 Å². The number of piperidine rings is 1. The molecule has 0 unspecified atom stereocenters. The Bertz CT molecular complexity index is 289. The summed E-state index contributed by atoms with van der Waals surface area (Å²) in [5.41, 5.74) is 2.22. The number of nitrogens with zero attached hydrogens (tertiary/aromatic N) is 2. The van der Waals surface area contributed by atoms with E-state index in [1.807, 2.05) is 0 Å². The van der Waals surface area contributed by atoms with Gasteiger partial charge >= 0.3 is 0 Å². The van der Waals surface area contributed by atoms with Crippen LogP contribution in [-0.4, -0.2) is 16.5 Å². The Hall–Kier alpha value is -1.09. The molecule has 4 heteroatoms. The van der Waals surface area contributed by atoms with Gasteiger partial charge in [-0.2, -0.15) is 0 Å². The number of aromatic nitrogens is 2. The van der Waals surface area contributed by atoms with Crippen LogP contribution >= 0.6 is 12.4 Å². The van der Waals surface area contributed by atoms with Crippen LogP contribution in [-0.2, 0) is 0 Å². The third-order valence-electron chi connectivity index (χ3n) is 2.13. The molecular weight excluding hydrogens is 198 g/mol. The lowest BCUT2D eigenvalue weighted by Crippen LogP contribution is -2.19. The fourth-order valence-electron chi connectivity index (χ4n) is 1.46. The second-order valence-electron chi connectivity index (χ2n) is 3.18. The first kappa shape index (κ1) is 11.0. The minimum atomic E-state index is 0. The Balaban J connectivity index is 0.000000980. The second-order valence-corrected chi connectivity index (χ2v) is 3.18. The molecule has 0 bridgehead atoms. The van der Waals surface area contributed by atoms with Crippen molar-refractivity contribution in [3.63, 3.8) is 0 Å². The maximum absolute atomic E-state index is 4.19. The van der Waals surface area contributed by atoms with Gasteiger partial charge in [0, 0.05) is 24.6 Å². The molecule has 2 heterocycles. The Morgan fingerprint density at radius 1 is 1.29 bits per heavy atom. The van der Waals surface area contributed by atoms with Crippen LogP contribution < -0.4 is 5.32 Å². The smallest absolute Gasteiger partial charge is 0.0830 e. The van der Waals surface area contributed by atoms with Gasteiger partial charge in [0.25, 0.3) is 0 Å². The molecule has 3 nitrogen and oxygen atoms in total. The predicted molar refractivity (Wildman–Crippen MR) is 59.1 cm³/mol. The zero-order valence-electron chi connectivity index (χ0n) is 7.94. The third-order valence-corrected chi connectivity index (χ3v) is 2.13. The fraction of sp³-hybridized carbons (Fsp3) is 0.400. The lowest BCUT2D eigenvalue weighted by Gasteiger charge is -2.16. The summed E-state index contributed by atoms with van der Waals surface area (Å²) >= 11 is 0. The molecule has 76 valence electrons. The highest BCUT2D eigenvalue weighted by Crippen LogP contribution is 2.12. The highest BCUT2D eigenvalue weighted by atomic mass is 35.5. The zero-order chi connectivity index (χ0) is 8.93. The molecule has 1 fully saturated rings. The van der Waals surface area contributed by atoms with Gasteiger partial charge in [-0.15, -0.1) is 12.4 Å². The van der Waals surface area contributed by atoms with Gasteiger partial charge in [0.05, 0.1) is 11.9 Å². The summed E-state index contributed by atoms with van der Waals surface area (Å²) in [6, 6.07) is 0. The van der Waals surface area contributed by atoms with E-state index in [1.165, 1.54) is 18.5 Å². The van der Waals surface area contributed by atoms with E-state index < -0.39 is 0 Å². The quantitative estimate of drug-likeness (QED) is 0.773. The summed E-state index contributed by atoms with van der Waals surface area (Å²) in [7, 11) is 0. The van der Waals surface area contributed by atoms with Gasteiger partial charge in [0.15, 0.2) is 0 Å². The van der Waals surface area contributed by atoms with Crippen LogP contribution in [0.4, 0.5) is 0 Å². The van der Waals surface area contributed by atoms with Gasteiger partial charge in [-0.05, 0) is 25.3 Å². The average Bonchev–Trinajstić information content (AvgIpc) is 2.21. The van der Waals surface area contributed by atoms with E-state index in [0.29, 0.717) is 0 Å². The molecule has 0 aliphatic carbocycles. The average molecular weight is 212 g/mol. The molecule has 0 spiro atoms. The topological polar surface area (TPSA) is 37.8 Å². The molecule has 1 N–H and O–H groups in total. The summed E-state index contributed by atoms with van der Waals surface area (Å²) in [6.07, 6.45) is 11.0. The third kappa shape index (κ3) is 3.00. The van der Waals surface area contributed by atoms with Crippen molar-refractivity contribution >= 4 is 18.5 Å². The summed E-state index contributed by atoms with van der Waals surface area (Å²) in [5, 5.41) is 3.36. The van der Waals surface area contributed by atoms with Crippen molar-refractivity contribution in [1.82, 2.24) is 15.3 Å². The lowest BCUT2D eigenvalue weighted by molar-refractivity contribution is 0.592. The molecule has 0 atom stereocenters. The minimum absolute atomic E-state index is 0. The molecule has 1 aromatic rings. The predicted octanol–water partition coefficient (Wildman–Crippen LogP) is 2.01. The number of hydrogen-bond donors (Lipinski definition) is 1. The molecule has 2 rings (SSSR count). The number of rotatable bonds is 1. The van der Waals surface area contributed by atoms with Crippen LogP contribution in [0.15, 0.2) is 24.3 Å². The van der Waals surface area contributed by atoms with Crippen molar-refractivity contribution in [3.05, 3.63) is 30.0 Å². The van der Waals surface area contributed by atoms with Gasteiger partial charge in [0.2, 0.25) is 0 Å². The summed E-state index contributed by atoms with van der Waals surface area (Å²) in [6.45, 7) is 1.09. The molecule has 1 saturated heterocycles. The van der Waals surface area contributed by atoms with Crippen LogP contribution in [0.3, 0.4) is 0 Å². The highest BCUT2D eigenvalue weighted by Gasteiger charge is 2.03. The first-order valence-electron chi connectivity index (χ1n) is 4.65. The summed E-state index contributed by atoms with van der Waals surface area (Å²) in [4.78, 5) is 8.21. The van der Waals surface area contributed by atoms with Gasteiger partial charge in [-0.25, -0.2) is 0 Å². The zero-order valence-corrected chi connectivity index (χ0v) is 8.76. The molecule has 0 aromatic carbocycles. The number of nitrogens with one attached hydrogen (secondary N) is 1. The number of allylic oxidation sites excluding steroid dienone is 1. The Kier molecular flexibility index (Phi) is 4.40. The molecule has 1 aromatic heterocycles. The first-order valence-corrected chi connectivity index (χ1v) is 4.65. The highest BCUT2D eigenvalue weighted by molar-refractivity contribution is 5.85. The first-order chi connectivity index (χ1) is 6.45. The number of halogens is 1. The van der Waals surface area contributed by atoms with Crippen LogP contribution in [0, 0.1) is 0 Å². The molecule has 1 aliphatic rings. The maximum Gasteiger partial charge on any atom is 0.0830 e. The molecule has 0 saturated carbocycles.